The lowest BCUT2D eigenvalue weighted by Gasteiger charge is -2.03. The van der Waals surface area contributed by atoms with Crippen molar-refractivity contribution in [2.75, 3.05) is 12.8 Å². The number of hydrogen-bond donors (Lipinski definition) is 2. The van der Waals surface area contributed by atoms with Gasteiger partial charge in [-0.25, -0.2) is 0 Å². The molecule has 0 aliphatic rings. The summed E-state index contributed by atoms with van der Waals surface area (Å²) in [7, 11) is 1.87. The maximum absolute atomic E-state index is 5.88. The highest BCUT2D eigenvalue weighted by Crippen LogP contribution is 2.18. The maximum Gasteiger partial charge on any atom is 0.0452 e. The lowest BCUT2D eigenvalue weighted by Crippen LogP contribution is -2.05. The van der Waals surface area contributed by atoms with Crippen LogP contribution in [0.15, 0.2) is 18.2 Å². The zero-order valence-corrected chi connectivity index (χ0v) is 7.15. The van der Waals surface area contributed by atoms with Gasteiger partial charge < -0.3 is 11.1 Å². The van der Waals surface area contributed by atoms with Gasteiger partial charge in [0.05, 0.1) is 0 Å². The fourth-order valence-corrected chi connectivity index (χ4v) is 1.10. The Kier molecular flexibility index (Phi) is 2.74. The van der Waals surface area contributed by atoms with Crippen LogP contribution in [0.5, 0.6) is 0 Å². The average molecular weight is 171 g/mol. The Hall–Kier alpha value is -0.730. The first-order chi connectivity index (χ1) is 5.24. The molecule has 0 saturated heterocycles. The van der Waals surface area contributed by atoms with Crippen LogP contribution in [0, 0.1) is 0 Å². The van der Waals surface area contributed by atoms with Gasteiger partial charge in [0.1, 0.15) is 0 Å². The molecule has 3 N–H and O–H groups in total. The van der Waals surface area contributed by atoms with Gasteiger partial charge in [-0.2, -0.15) is 0 Å². The molecule has 0 amide bonds. The number of halogens is 1. The van der Waals surface area contributed by atoms with Gasteiger partial charge in [-0.1, -0.05) is 11.6 Å². The number of nitrogens with two attached hydrogens (primary N) is 1. The zero-order valence-electron chi connectivity index (χ0n) is 6.39. The Morgan fingerprint density at radius 2 is 2.27 bits per heavy atom. The zero-order chi connectivity index (χ0) is 8.27. The largest absolute Gasteiger partial charge is 0.399 e. The van der Waals surface area contributed by atoms with Crippen molar-refractivity contribution in [2.45, 2.75) is 6.54 Å². The summed E-state index contributed by atoms with van der Waals surface area (Å²) in [4.78, 5) is 0. The fourth-order valence-electron chi connectivity index (χ4n) is 0.921. The third-order valence-electron chi connectivity index (χ3n) is 1.44. The smallest absolute Gasteiger partial charge is 0.0452 e. The molecule has 2 nitrogen and oxygen atoms in total. The van der Waals surface area contributed by atoms with Crippen molar-refractivity contribution >= 4 is 17.3 Å². The highest BCUT2D eigenvalue weighted by Gasteiger charge is 1.97. The molecule has 60 valence electrons. The second kappa shape index (κ2) is 3.60. The summed E-state index contributed by atoms with van der Waals surface area (Å²) in [5, 5.41) is 3.77. The molecule has 0 atom stereocenters. The SMILES string of the molecule is CNCc1cc(N)ccc1Cl. The monoisotopic (exact) mass is 170 g/mol. The van der Waals surface area contributed by atoms with Crippen LogP contribution >= 0.6 is 11.6 Å². The Morgan fingerprint density at radius 1 is 1.55 bits per heavy atom. The summed E-state index contributed by atoms with van der Waals surface area (Å²) in [6.45, 7) is 0.754. The van der Waals surface area contributed by atoms with E-state index in [-0.39, 0.29) is 0 Å². The lowest BCUT2D eigenvalue weighted by molar-refractivity contribution is 0.818. The van der Waals surface area contributed by atoms with Crippen LogP contribution < -0.4 is 11.1 Å². The molecule has 0 aliphatic carbocycles. The highest BCUT2D eigenvalue weighted by molar-refractivity contribution is 6.31. The van der Waals surface area contributed by atoms with Gasteiger partial charge >= 0.3 is 0 Å². The maximum atomic E-state index is 5.88. The van der Waals surface area contributed by atoms with Gasteiger partial charge in [-0.3, -0.25) is 0 Å². The number of nitrogens with one attached hydrogen (secondary N) is 1. The molecule has 1 aromatic rings. The number of nitrogen functional groups attached to an aromatic ring is 1. The van der Waals surface area contributed by atoms with E-state index in [0.29, 0.717) is 0 Å². The van der Waals surface area contributed by atoms with Crippen molar-refractivity contribution in [3.05, 3.63) is 28.8 Å². The van der Waals surface area contributed by atoms with Crippen LogP contribution in [0.4, 0.5) is 5.69 Å². The topological polar surface area (TPSA) is 38.0 Å². The van der Waals surface area contributed by atoms with E-state index in [1.54, 1.807) is 6.07 Å². The molecule has 3 heteroatoms. The molecule has 0 heterocycles. The first kappa shape index (κ1) is 8.37. The molecule has 0 fully saturated rings. The first-order valence-electron chi connectivity index (χ1n) is 3.42. The van der Waals surface area contributed by atoms with E-state index in [2.05, 4.69) is 5.32 Å². The fraction of sp³-hybridized carbons (Fsp3) is 0.250. The molecule has 0 bridgehead atoms. The molecule has 0 spiro atoms. The molecule has 0 radical (unpaired) electrons. The van der Waals surface area contributed by atoms with Crippen molar-refractivity contribution in [1.29, 1.82) is 0 Å². The number of rotatable bonds is 2. The second-order valence-corrected chi connectivity index (χ2v) is 2.79. The minimum Gasteiger partial charge on any atom is -0.399 e. The van der Waals surface area contributed by atoms with E-state index in [4.69, 9.17) is 17.3 Å². The lowest BCUT2D eigenvalue weighted by atomic mass is 10.2. The molecule has 1 aromatic carbocycles. The normalized spacial score (nSPS) is 10.0. The summed E-state index contributed by atoms with van der Waals surface area (Å²) in [5.41, 5.74) is 7.36. The minimum absolute atomic E-state index is 0.750. The van der Waals surface area contributed by atoms with Crippen LogP contribution in [-0.2, 0) is 6.54 Å². The van der Waals surface area contributed by atoms with Crippen LogP contribution in [-0.4, -0.2) is 7.05 Å². The van der Waals surface area contributed by atoms with Crippen molar-refractivity contribution in [1.82, 2.24) is 5.32 Å². The van der Waals surface area contributed by atoms with Crippen molar-refractivity contribution in [2.24, 2.45) is 0 Å². The van der Waals surface area contributed by atoms with E-state index >= 15 is 0 Å². The average Bonchev–Trinajstić information content (AvgIpc) is 1.98. The van der Waals surface area contributed by atoms with Gasteiger partial charge in [0, 0.05) is 17.3 Å². The number of hydrogen-bond acceptors (Lipinski definition) is 2. The van der Waals surface area contributed by atoms with E-state index in [0.717, 1.165) is 22.8 Å². The third kappa shape index (κ3) is 2.10. The Morgan fingerprint density at radius 3 is 2.91 bits per heavy atom. The standard InChI is InChI=1S/C8H11ClN2/c1-11-5-6-4-7(10)2-3-8(6)9/h2-4,11H,5,10H2,1H3. The van der Waals surface area contributed by atoms with Gasteiger partial charge in [-0.15, -0.1) is 0 Å². The summed E-state index contributed by atoms with van der Waals surface area (Å²) >= 11 is 5.88. The summed E-state index contributed by atoms with van der Waals surface area (Å²) in [6.07, 6.45) is 0. The van der Waals surface area contributed by atoms with E-state index in [9.17, 15) is 0 Å². The van der Waals surface area contributed by atoms with Gasteiger partial charge in [-0.05, 0) is 30.8 Å². The molecule has 1 rings (SSSR count). The summed E-state index contributed by atoms with van der Waals surface area (Å²) < 4.78 is 0. The molecule has 0 aliphatic heterocycles. The van der Waals surface area contributed by atoms with E-state index in [1.165, 1.54) is 0 Å². The van der Waals surface area contributed by atoms with Gasteiger partial charge in [0.25, 0.3) is 0 Å². The minimum atomic E-state index is 0.750. The van der Waals surface area contributed by atoms with Crippen LogP contribution in [0.1, 0.15) is 5.56 Å². The van der Waals surface area contributed by atoms with Crippen molar-refractivity contribution < 1.29 is 0 Å². The molecule has 0 unspecified atom stereocenters. The highest BCUT2D eigenvalue weighted by atomic mass is 35.5. The first-order valence-corrected chi connectivity index (χ1v) is 3.80. The van der Waals surface area contributed by atoms with E-state index < -0.39 is 0 Å². The van der Waals surface area contributed by atoms with Crippen LogP contribution in [0.3, 0.4) is 0 Å². The third-order valence-corrected chi connectivity index (χ3v) is 1.81. The summed E-state index contributed by atoms with van der Waals surface area (Å²) in [5.74, 6) is 0. The van der Waals surface area contributed by atoms with Crippen LogP contribution in [0.2, 0.25) is 5.02 Å². The molecule has 0 saturated carbocycles. The Balaban J connectivity index is 2.93. The van der Waals surface area contributed by atoms with Gasteiger partial charge in [0.2, 0.25) is 0 Å². The molecular formula is C8H11ClN2. The van der Waals surface area contributed by atoms with Crippen molar-refractivity contribution in [3.63, 3.8) is 0 Å². The van der Waals surface area contributed by atoms with E-state index in [1.807, 2.05) is 19.2 Å². The van der Waals surface area contributed by atoms with Crippen LogP contribution in [0.25, 0.3) is 0 Å². The van der Waals surface area contributed by atoms with Gasteiger partial charge in [0.15, 0.2) is 0 Å². The quantitative estimate of drug-likeness (QED) is 0.663. The number of anilines is 1. The Labute approximate surface area is 71.4 Å². The Bertz CT molecular complexity index is 248. The number of benzene rings is 1. The predicted octanol–water partition coefficient (Wildman–Crippen LogP) is 1.64. The molecular weight excluding hydrogens is 160 g/mol. The second-order valence-electron chi connectivity index (χ2n) is 2.38. The molecule has 0 aromatic heterocycles. The van der Waals surface area contributed by atoms with Crippen molar-refractivity contribution in [3.8, 4) is 0 Å². The molecule has 11 heavy (non-hydrogen) atoms. The summed E-state index contributed by atoms with van der Waals surface area (Å²) in [6, 6.07) is 5.48. The predicted molar refractivity (Wildman–Crippen MR) is 48.6 cm³/mol.